The third kappa shape index (κ3) is 1.10. The summed E-state index contributed by atoms with van der Waals surface area (Å²) in [6.45, 7) is 7.15. The van der Waals surface area contributed by atoms with Crippen molar-refractivity contribution in [1.82, 2.24) is 0 Å². The molecule has 2 heteroatoms. The maximum Gasteiger partial charge on any atom is 0.00702 e. The van der Waals surface area contributed by atoms with Crippen molar-refractivity contribution in [2.75, 3.05) is 0 Å². The lowest BCUT2D eigenvalue weighted by atomic mass is 9.45. The van der Waals surface area contributed by atoms with Gasteiger partial charge in [-0.2, -0.15) is 0 Å². The highest BCUT2D eigenvalue weighted by molar-refractivity contribution is 5.85. The summed E-state index contributed by atoms with van der Waals surface area (Å²) in [4.78, 5) is 0. The van der Waals surface area contributed by atoms with Gasteiger partial charge in [-0.25, -0.2) is 0 Å². The third-order valence-corrected chi connectivity index (χ3v) is 4.41. The van der Waals surface area contributed by atoms with Crippen molar-refractivity contribution in [3.8, 4) is 0 Å². The van der Waals surface area contributed by atoms with Crippen molar-refractivity contribution in [2.45, 2.75) is 39.7 Å². The number of rotatable bonds is 0. The fourth-order valence-corrected chi connectivity index (χ4v) is 3.19. The van der Waals surface area contributed by atoms with Crippen LogP contribution in [0.4, 0.5) is 0 Å². The zero-order valence-electron chi connectivity index (χ0n) is 8.21. The highest BCUT2D eigenvalue weighted by atomic mass is 35.5. The van der Waals surface area contributed by atoms with E-state index in [1.165, 1.54) is 12.8 Å². The first-order chi connectivity index (χ1) is 5.03. The number of halogens is 1. The molecule has 72 valence electrons. The molecule has 3 fully saturated rings. The van der Waals surface area contributed by atoms with E-state index < -0.39 is 0 Å². The van der Waals surface area contributed by atoms with Gasteiger partial charge in [0.15, 0.2) is 0 Å². The molecule has 0 aliphatic heterocycles. The highest BCUT2D eigenvalue weighted by Crippen LogP contribution is 2.60. The third-order valence-electron chi connectivity index (χ3n) is 4.41. The number of fused-ring (bicyclic) bond motifs is 2. The quantitative estimate of drug-likeness (QED) is 0.623. The Morgan fingerprint density at radius 3 is 2.17 bits per heavy atom. The second-order valence-corrected chi connectivity index (χ2v) is 5.12. The highest BCUT2D eigenvalue weighted by Gasteiger charge is 2.55. The van der Waals surface area contributed by atoms with Crippen molar-refractivity contribution in [2.24, 2.45) is 28.9 Å². The summed E-state index contributed by atoms with van der Waals surface area (Å²) in [5.41, 5.74) is 6.63. The lowest BCUT2D eigenvalue weighted by Crippen LogP contribution is -2.58. The monoisotopic (exact) mass is 189 g/mol. The molecule has 3 aliphatic rings. The number of nitrogens with two attached hydrogens (primary N) is 1. The van der Waals surface area contributed by atoms with Crippen molar-refractivity contribution >= 4 is 12.4 Å². The minimum atomic E-state index is 0. The lowest BCUT2D eigenvalue weighted by molar-refractivity contribution is -0.108. The van der Waals surface area contributed by atoms with Crippen LogP contribution in [-0.2, 0) is 0 Å². The fraction of sp³-hybridized carbons (Fsp3) is 1.00. The Balaban J connectivity index is 0.000000720. The molecule has 0 saturated heterocycles. The molecular weight excluding hydrogens is 170 g/mol. The molecule has 3 aliphatic carbocycles. The molecule has 0 spiro atoms. The van der Waals surface area contributed by atoms with E-state index >= 15 is 0 Å². The van der Waals surface area contributed by atoms with Crippen LogP contribution in [0.1, 0.15) is 33.6 Å². The summed E-state index contributed by atoms with van der Waals surface area (Å²) in [5, 5.41) is 0. The zero-order valence-corrected chi connectivity index (χ0v) is 9.03. The maximum atomic E-state index is 6.02. The largest absolute Gasteiger partial charge is 0.327 e. The second kappa shape index (κ2) is 2.88. The molecule has 12 heavy (non-hydrogen) atoms. The molecule has 1 nitrogen and oxygen atoms in total. The van der Waals surface area contributed by atoms with Crippen molar-refractivity contribution in [1.29, 1.82) is 0 Å². The summed E-state index contributed by atoms with van der Waals surface area (Å²) >= 11 is 0. The standard InChI is InChI=1S/C10H19N.ClH/c1-6-8-4-7(5-9(6)11)10(8,2)3;/h6-9H,4-5,11H2,1-3H3;1H. The van der Waals surface area contributed by atoms with Gasteiger partial charge in [0.05, 0.1) is 0 Å². The SMILES string of the molecule is CC1C(N)CC2CC1C2(C)C.Cl. The minimum absolute atomic E-state index is 0. The molecule has 2 bridgehead atoms. The van der Waals surface area contributed by atoms with Gasteiger partial charge in [-0.15, -0.1) is 12.4 Å². The van der Waals surface area contributed by atoms with Gasteiger partial charge >= 0.3 is 0 Å². The topological polar surface area (TPSA) is 26.0 Å². The van der Waals surface area contributed by atoms with Crippen LogP contribution in [0.15, 0.2) is 0 Å². The molecule has 0 aromatic rings. The van der Waals surface area contributed by atoms with E-state index in [0.29, 0.717) is 11.5 Å². The van der Waals surface area contributed by atoms with E-state index in [0.717, 1.165) is 17.8 Å². The van der Waals surface area contributed by atoms with Gasteiger partial charge in [0.1, 0.15) is 0 Å². The van der Waals surface area contributed by atoms with E-state index in [9.17, 15) is 0 Å². The van der Waals surface area contributed by atoms with Crippen molar-refractivity contribution in [3.05, 3.63) is 0 Å². The fourth-order valence-electron chi connectivity index (χ4n) is 3.19. The molecule has 4 atom stereocenters. The van der Waals surface area contributed by atoms with Gasteiger partial charge in [-0.05, 0) is 36.0 Å². The minimum Gasteiger partial charge on any atom is -0.327 e. The van der Waals surface area contributed by atoms with E-state index in [4.69, 9.17) is 5.73 Å². The average Bonchev–Trinajstić information content (AvgIpc) is 1.93. The van der Waals surface area contributed by atoms with Crippen LogP contribution < -0.4 is 5.73 Å². The first kappa shape index (κ1) is 10.3. The normalized spacial score (nSPS) is 49.0. The van der Waals surface area contributed by atoms with E-state index in [1.807, 2.05) is 0 Å². The van der Waals surface area contributed by atoms with Crippen LogP contribution in [0, 0.1) is 23.2 Å². The molecule has 0 radical (unpaired) electrons. The smallest absolute Gasteiger partial charge is 0.00702 e. The van der Waals surface area contributed by atoms with E-state index in [-0.39, 0.29) is 12.4 Å². The summed E-state index contributed by atoms with van der Waals surface area (Å²) in [6, 6.07) is 0.492. The van der Waals surface area contributed by atoms with Gasteiger partial charge in [0.2, 0.25) is 0 Å². The van der Waals surface area contributed by atoms with Crippen molar-refractivity contribution in [3.63, 3.8) is 0 Å². The van der Waals surface area contributed by atoms with E-state index in [1.54, 1.807) is 0 Å². The Labute approximate surface area is 81.5 Å². The Bertz CT molecular complexity index is 179. The maximum absolute atomic E-state index is 6.02. The first-order valence-corrected chi connectivity index (χ1v) is 4.79. The molecular formula is C10H20ClN. The van der Waals surface area contributed by atoms with Gasteiger partial charge < -0.3 is 5.73 Å². The molecule has 0 aromatic carbocycles. The predicted octanol–water partition coefficient (Wildman–Crippen LogP) is 2.44. The summed E-state index contributed by atoms with van der Waals surface area (Å²) in [7, 11) is 0. The number of hydrogen-bond donors (Lipinski definition) is 1. The van der Waals surface area contributed by atoms with Gasteiger partial charge in [-0.3, -0.25) is 0 Å². The van der Waals surface area contributed by atoms with Gasteiger partial charge in [0.25, 0.3) is 0 Å². The predicted molar refractivity (Wildman–Crippen MR) is 54.4 cm³/mol. The average molecular weight is 190 g/mol. The molecule has 3 rings (SSSR count). The van der Waals surface area contributed by atoms with Crippen LogP contribution in [-0.4, -0.2) is 6.04 Å². The van der Waals surface area contributed by atoms with Crippen LogP contribution in [0.5, 0.6) is 0 Å². The Hall–Kier alpha value is 0.250. The number of hydrogen-bond acceptors (Lipinski definition) is 1. The van der Waals surface area contributed by atoms with Crippen LogP contribution >= 0.6 is 12.4 Å². The summed E-state index contributed by atoms with van der Waals surface area (Å²) in [6.07, 6.45) is 2.71. The molecule has 0 heterocycles. The molecule has 2 N–H and O–H groups in total. The molecule has 3 saturated carbocycles. The molecule has 4 unspecified atom stereocenters. The Morgan fingerprint density at radius 2 is 1.83 bits per heavy atom. The molecule has 0 amide bonds. The zero-order chi connectivity index (χ0) is 8.22. The van der Waals surface area contributed by atoms with Crippen LogP contribution in [0.3, 0.4) is 0 Å². The van der Waals surface area contributed by atoms with Gasteiger partial charge in [-0.1, -0.05) is 20.8 Å². The first-order valence-electron chi connectivity index (χ1n) is 4.79. The van der Waals surface area contributed by atoms with Gasteiger partial charge in [0, 0.05) is 6.04 Å². The lowest BCUT2D eigenvalue weighted by Gasteiger charge is -2.61. The Kier molecular flexibility index (Phi) is 2.48. The summed E-state index contributed by atoms with van der Waals surface area (Å²) < 4.78 is 0. The Morgan fingerprint density at radius 1 is 1.25 bits per heavy atom. The second-order valence-electron chi connectivity index (χ2n) is 5.12. The van der Waals surface area contributed by atoms with E-state index in [2.05, 4.69) is 20.8 Å². The van der Waals surface area contributed by atoms with Crippen LogP contribution in [0.2, 0.25) is 0 Å². The molecule has 0 aromatic heterocycles. The summed E-state index contributed by atoms with van der Waals surface area (Å²) in [5.74, 6) is 2.60. The van der Waals surface area contributed by atoms with Crippen LogP contribution in [0.25, 0.3) is 0 Å². The van der Waals surface area contributed by atoms with Crippen molar-refractivity contribution < 1.29 is 0 Å².